The zero-order chi connectivity index (χ0) is 14.5. The normalized spacial score (nSPS) is 9.95. The number of rotatable bonds is 4. The molecule has 0 spiro atoms. The van der Waals surface area contributed by atoms with Crippen LogP contribution in [-0.4, -0.2) is 9.49 Å². The molecule has 6 nitrogen and oxygen atoms in total. The van der Waals surface area contributed by atoms with Crippen molar-refractivity contribution in [1.29, 1.82) is 5.26 Å². The Balaban J connectivity index is 2.11. The fraction of sp³-hybridized carbons (Fsp3) is 0.143. The number of non-ortho nitro benzene ring substituents is 1. The molecule has 1 aromatic heterocycles. The van der Waals surface area contributed by atoms with E-state index in [0.717, 1.165) is 5.56 Å². The quantitative estimate of drug-likeness (QED) is 0.626. The van der Waals surface area contributed by atoms with E-state index in [9.17, 15) is 14.9 Å². The molecule has 0 saturated carbocycles. The molecule has 0 amide bonds. The van der Waals surface area contributed by atoms with Crippen molar-refractivity contribution in [2.24, 2.45) is 0 Å². The number of nitriles is 1. The SMILES string of the molecule is N#Cc1cccn(CCc2ccc([N+](=O)[O-])cc2)c1=O. The Bertz CT molecular complexity index is 727. The number of nitro benzene ring substituents is 1. The van der Waals surface area contributed by atoms with Crippen LogP contribution in [0.25, 0.3) is 0 Å². The zero-order valence-electron chi connectivity index (χ0n) is 10.5. The Morgan fingerprint density at radius 3 is 2.55 bits per heavy atom. The van der Waals surface area contributed by atoms with E-state index in [1.807, 2.05) is 6.07 Å². The van der Waals surface area contributed by atoms with Crippen LogP contribution in [-0.2, 0) is 13.0 Å². The average Bonchev–Trinajstić information content (AvgIpc) is 2.46. The molecule has 100 valence electrons. The zero-order valence-corrected chi connectivity index (χ0v) is 10.5. The molecular formula is C14H11N3O3. The number of hydrogen-bond donors (Lipinski definition) is 0. The Morgan fingerprint density at radius 1 is 1.25 bits per heavy atom. The van der Waals surface area contributed by atoms with Gasteiger partial charge in [-0.2, -0.15) is 5.26 Å². The third-order valence-electron chi connectivity index (χ3n) is 2.93. The number of pyridine rings is 1. The second-order valence-corrected chi connectivity index (χ2v) is 4.21. The molecule has 0 aliphatic carbocycles. The summed E-state index contributed by atoms with van der Waals surface area (Å²) in [6.45, 7) is 0.423. The van der Waals surface area contributed by atoms with Crippen LogP contribution in [0, 0.1) is 21.4 Å². The number of benzene rings is 1. The van der Waals surface area contributed by atoms with Gasteiger partial charge in [0, 0.05) is 24.9 Å². The number of aryl methyl sites for hydroxylation is 2. The number of nitrogens with zero attached hydrogens (tertiary/aromatic N) is 3. The van der Waals surface area contributed by atoms with Crippen molar-refractivity contribution in [1.82, 2.24) is 4.57 Å². The third-order valence-corrected chi connectivity index (χ3v) is 2.93. The molecule has 0 atom stereocenters. The van der Waals surface area contributed by atoms with Crippen LogP contribution in [0.1, 0.15) is 11.1 Å². The Kier molecular flexibility index (Phi) is 3.91. The molecule has 6 heteroatoms. The van der Waals surface area contributed by atoms with E-state index in [-0.39, 0.29) is 16.8 Å². The van der Waals surface area contributed by atoms with E-state index in [1.54, 1.807) is 24.4 Å². The largest absolute Gasteiger partial charge is 0.314 e. The maximum absolute atomic E-state index is 11.8. The van der Waals surface area contributed by atoms with Gasteiger partial charge in [-0.05, 0) is 24.1 Å². The van der Waals surface area contributed by atoms with E-state index in [0.29, 0.717) is 13.0 Å². The highest BCUT2D eigenvalue weighted by Gasteiger charge is 2.05. The Labute approximate surface area is 114 Å². The van der Waals surface area contributed by atoms with Crippen molar-refractivity contribution in [2.45, 2.75) is 13.0 Å². The lowest BCUT2D eigenvalue weighted by atomic mass is 10.1. The number of hydrogen-bond acceptors (Lipinski definition) is 4. The summed E-state index contributed by atoms with van der Waals surface area (Å²) >= 11 is 0. The van der Waals surface area contributed by atoms with Crippen molar-refractivity contribution >= 4 is 5.69 Å². The topological polar surface area (TPSA) is 88.9 Å². The number of nitro groups is 1. The lowest BCUT2D eigenvalue weighted by Gasteiger charge is -2.05. The Hall–Kier alpha value is -2.94. The molecule has 1 aromatic carbocycles. The second kappa shape index (κ2) is 5.80. The highest BCUT2D eigenvalue weighted by molar-refractivity contribution is 5.33. The fourth-order valence-corrected chi connectivity index (χ4v) is 1.83. The van der Waals surface area contributed by atoms with E-state index >= 15 is 0 Å². The standard InChI is InChI=1S/C14H11N3O3/c15-10-12-2-1-8-16(14(12)18)9-7-11-3-5-13(6-4-11)17(19)20/h1-6,8H,7,9H2. The lowest BCUT2D eigenvalue weighted by molar-refractivity contribution is -0.384. The molecule has 2 aromatic rings. The van der Waals surface area contributed by atoms with Crippen LogP contribution in [0.4, 0.5) is 5.69 Å². The summed E-state index contributed by atoms with van der Waals surface area (Å²) in [7, 11) is 0. The molecule has 0 aliphatic heterocycles. The maximum atomic E-state index is 11.8. The van der Waals surface area contributed by atoms with E-state index in [1.165, 1.54) is 22.8 Å². The van der Waals surface area contributed by atoms with Crippen LogP contribution in [0.2, 0.25) is 0 Å². The highest BCUT2D eigenvalue weighted by atomic mass is 16.6. The minimum absolute atomic E-state index is 0.0393. The first-order chi connectivity index (χ1) is 9.61. The van der Waals surface area contributed by atoms with Crippen molar-refractivity contribution in [3.05, 3.63) is 74.2 Å². The second-order valence-electron chi connectivity index (χ2n) is 4.21. The van der Waals surface area contributed by atoms with Gasteiger partial charge in [0.05, 0.1) is 4.92 Å². The van der Waals surface area contributed by atoms with Gasteiger partial charge in [0.1, 0.15) is 11.6 Å². The molecule has 0 unspecified atom stereocenters. The first-order valence-corrected chi connectivity index (χ1v) is 5.94. The third kappa shape index (κ3) is 2.90. The molecule has 0 aliphatic rings. The van der Waals surface area contributed by atoms with Gasteiger partial charge in [-0.1, -0.05) is 12.1 Å². The van der Waals surface area contributed by atoms with Crippen LogP contribution < -0.4 is 5.56 Å². The molecule has 20 heavy (non-hydrogen) atoms. The smallest absolute Gasteiger partial charge is 0.269 e. The van der Waals surface area contributed by atoms with Crippen LogP contribution in [0.15, 0.2) is 47.4 Å². The van der Waals surface area contributed by atoms with Crippen molar-refractivity contribution in [3.63, 3.8) is 0 Å². The van der Waals surface area contributed by atoms with Crippen molar-refractivity contribution in [3.8, 4) is 6.07 Å². The van der Waals surface area contributed by atoms with Crippen LogP contribution in [0.5, 0.6) is 0 Å². The summed E-state index contributed by atoms with van der Waals surface area (Å²) in [5.74, 6) is 0. The number of aromatic nitrogens is 1. The van der Waals surface area contributed by atoms with Gasteiger partial charge in [0.15, 0.2) is 0 Å². The monoisotopic (exact) mass is 269 g/mol. The van der Waals surface area contributed by atoms with E-state index in [2.05, 4.69) is 0 Å². The highest BCUT2D eigenvalue weighted by Crippen LogP contribution is 2.12. The van der Waals surface area contributed by atoms with Gasteiger partial charge < -0.3 is 4.57 Å². The van der Waals surface area contributed by atoms with Gasteiger partial charge >= 0.3 is 0 Å². The molecule has 0 radical (unpaired) electrons. The van der Waals surface area contributed by atoms with Gasteiger partial charge in [-0.15, -0.1) is 0 Å². The molecule has 0 N–H and O–H groups in total. The van der Waals surface area contributed by atoms with Gasteiger partial charge in [0.25, 0.3) is 11.2 Å². The summed E-state index contributed by atoms with van der Waals surface area (Å²) < 4.78 is 1.46. The minimum Gasteiger partial charge on any atom is -0.314 e. The summed E-state index contributed by atoms with van der Waals surface area (Å²) in [5, 5.41) is 19.3. The molecular weight excluding hydrogens is 258 g/mol. The molecule has 0 bridgehead atoms. The fourth-order valence-electron chi connectivity index (χ4n) is 1.83. The minimum atomic E-state index is -0.454. The molecule has 0 saturated heterocycles. The van der Waals surface area contributed by atoms with Gasteiger partial charge in [-0.3, -0.25) is 14.9 Å². The molecule has 2 rings (SSSR count). The van der Waals surface area contributed by atoms with Crippen molar-refractivity contribution < 1.29 is 4.92 Å². The Morgan fingerprint density at radius 2 is 1.95 bits per heavy atom. The summed E-state index contributed by atoms with van der Waals surface area (Å²) in [6, 6.07) is 11.2. The van der Waals surface area contributed by atoms with E-state index < -0.39 is 4.92 Å². The summed E-state index contributed by atoms with van der Waals surface area (Å²) in [4.78, 5) is 21.9. The first kappa shape index (κ1) is 13.5. The molecule has 0 fully saturated rings. The van der Waals surface area contributed by atoms with Gasteiger partial charge in [-0.25, -0.2) is 0 Å². The predicted molar refractivity (Wildman–Crippen MR) is 72.2 cm³/mol. The van der Waals surface area contributed by atoms with Gasteiger partial charge in [0.2, 0.25) is 0 Å². The van der Waals surface area contributed by atoms with Crippen LogP contribution in [0.3, 0.4) is 0 Å². The summed E-state index contributed by atoms with van der Waals surface area (Å²) in [6.07, 6.45) is 2.18. The average molecular weight is 269 g/mol. The van der Waals surface area contributed by atoms with Crippen molar-refractivity contribution in [2.75, 3.05) is 0 Å². The van der Waals surface area contributed by atoms with E-state index in [4.69, 9.17) is 5.26 Å². The first-order valence-electron chi connectivity index (χ1n) is 5.94. The summed E-state index contributed by atoms with van der Waals surface area (Å²) in [5.41, 5.74) is 0.718. The maximum Gasteiger partial charge on any atom is 0.269 e. The lowest BCUT2D eigenvalue weighted by Crippen LogP contribution is -2.22. The van der Waals surface area contributed by atoms with Crippen LogP contribution >= 0.6 is 0 Å². The molecule has 1 heterocycles. The predicted octanol–water partition coefficient (Wildman–Crippen LogP) is 1.87.